The molecule has 1 saturated heterocycles. The van der Waals surface area contributed by atoms with Gasteiger partial charge in [0.25, 0.3) is 0 Å². The summed E-state index contributed by atoms with van der Waals surface area (Å²) in [5.74, 6) is -4.63. The number of methoxy groups -OCH3 is 1. The Morgan fingerprint density at radius 3 is 2.37 bits per heavy atom. The van der Waals surface area contributed by atoms with Crippen LogP contribution in [-0.2, 0) is 28.7 Å². The van der Waals surface area contributed by atoms with Crippen molar-refractivity contribution in [1.82, 2.24) is 5.32 Å². The van der Waals surface area contributed by atoms with Crippen LogP contribution in [0.2, 0.25) is 0 Å². The number of phenolic OH excluding ortho intramolecular Hbond substituents is 2. The van der Waals surface area contributed by atoms with Gasteiger partial charge in [-0.15, -0.1) is 0 Å². The molecule has 0 bridgehead atoms. The van der Waals surface area contributed by atoms with Gasteiger partial charge < -0.3 is 80.5 Å². The second kappa shape index (κ2) is 20.9. The fourth-order valence-corrected chi connectivity index (χ4v) is 7.52. The summed E-state index contributed by atoms with van der Waals surface area (Å²) >= 11 is 0. The number of benzene rings is 3. The number of aliphatic imine (C=N–C) groups is 1. The molecular formula is C43H58N4O15. The highest BCUT2D eigenvalue weighted by molar-refractivity contribution is 5.97. The maximum Gasteiger partial charge on any atom is 0.344 e. The van der Waals surface area contributed by atoms with E-state index in [0.717, 1.165) is 30.0 Å². The third-order valence-corrected chi connectivity index (χ3v) is 10.9. The number of nitrogens with zero attached hydrogens (tertiary/aromatic N) is 1. The average molecular weight is 871 g/mol. The van der Waals surface area contributed by atoms with E-state index >= 15 is 0 Å². The molecule has 19 nitrogen and oxygen atoms in total. The number of hydrogen-bond acceptors (Lipinski definition) is 16. The van der Waals surface area contributed by atoms with Gasteiger partial charge in [-0.2, -0.15) is 0 Å². The van der Waals surface area contributed by atoms with Crippen molar-refractivity contribution in [2.24, 2.45) is 22.6 Å². The number of aryl methyl sites for hydroxylation is 1. The molecule has 8 unspecified atom stereocenters. The molecule has 340 valence electrons. The number of guanidine groups is 1. The number of carboxylic acid groups (broad SMARTS) is 1. The molecule has 2 aliphatic heterocycles. The highest BCUT2D eigenvalue weighted by Crippen LogP contribution is 2.47. The van der Waals surface area contributed by atoms with Crippen LogP contribution in [0.4, 0.5) is 5.69 Å². The number of carboxylic acids is 1. The molecule has 2 aliphatic rings. The van der Waals surface area contributed by atoms with E-state index in [9.17, 15) is 45.3 Å². The summed E-state index contributed by atoms with van der Waals surface area (Å²) in [6.07, 6.45) is -9.45. The maximum absolute atomic E-state index is 13.5. The molecule has 0 aromatic heterocycles. The Morgan fingerprint density at radius 2 is 1.71 bits per heavy atom. The Hall–Kier alpha value is -5.73. The summed E-state index contributed by atoms with van der Waals surface area (Å²) in [5, 5.41) is 82.7. The van der Waals surface area contributed by atoms with Crippen LogP contribution in [-0.4, -0.2) is 124 Å². The van der Waals surface area contributed by atoms with Crippen molar-refractivity contribution in [2.45, 2.75) is 103 Å². The second-order valence-electron chi connectivity index (χ2n) is 15.6. The first kappa shape index (κ1) is 47.3. The number of carbonyl (C=O) groups is 2. The molecule has 8 atom stereocenters. The lowest BCUT2D eigenvalue weighted by Crippen LogP contribution is -2.62. The van der Waals surface area contributed by atoms with Gasteiger partial charge in [-0.25, -0.2) is 9.59 Å². The van der Waals surface area contributed by atoms with Crippen LogP contribution in [0, 0.1) is 11.8 Å². The lowest BCUT2D eigenvalue weighted by atomic mass is 9.87. The molecule has 0 spiro atoms. The van der Waals surface area contributed by atoms with Crippen LogP contribution in [0.5, 0.6) is 34.5 Å². The lowest BCUT2D eigenvalue weighted by Gasteiger charge is -2.41. The predicted molar refractivity (Wildman–Crippen MR) is 224 cm³/mol. The third kappa shape index (κ3) is 10.8. The number of anilines is 1. The summed E-state index contributed by atoms with van der Waals surface area (Å²) in [6.45, 7) is 7.80. The minimum Gasteiger partial charge on any atom is -0.504 e. The van der Waals surface area contributed by atoms with Crippen LogP contribution < -0.4 is 35.3 Å². The van der Waals surface area contributed by atoms with E-state index in [2.05, 4.69) is 29.5 Å². The number of aliphatic hydroxyl groups is 4. The predicted octanol–water partition coefficient (Wildman–Crippen LogP) is 2.63. The van der Waals surface area contributed by atoms with Crippen LogP contribution in [0.25, 0.3) is 0 Å². The van der Waals surface area contributed by atoms with Crippen molar-refractivity contribution < 1.29 is 73.8 Å². The fourth-order valence-electron chi connectivity index (χ4n) is 7.52. The van der Waals surface area contributed by atoms with Crippen molar-refractivity contribution in [3.63, 3.8) is 0 Å². The molecule has 3 aromatic rings. The molecule has 0 amide bonds. The van der Waals surface area contributed by atoms with E-state index in [1.165, 1.54) is 20.2 Å². The van der Waals surface area contributed by atoms with Gasteiger partial charge in [-0.1, -0.05) is 45.0 Å². The number of fused-ring (bicyclic) bond motifs is 1. The van der Waals surface area contributed by atoms with Gasteiger partial charge in [0.05, 0.1) is 25.0 Å². The number of phenols is 2. The second-order valence-corrected chi connectivity index (χ2v) is 15.6. The molecule has 19 heteroatoms. The Labute approximate surface area is 359 Å². The average Bonchev–Trinajstić information content (AvgIpc) is 3.39. The minimum atomic E-state index is -2.37. The molecule has 0 saturated carbocycles. The molecule has 5 rings (SSSR count). The minimum absolute atomic E-state index is 0.0126. The maximum atomic E-state index is 13.5. The fraction of sp³-hybridized carbons (Fsp3) is 0.512. The summed E-state index contributed by atoms with van der Waals surface area (Å²) in [4.78, 5) is 30.0. The number of aromatic carboxylic acids is 1. The van der Waals surface area contributed by atoms with E-state index in [1.54, 1.807) is 0 Å². The lowest BCUT2D eigenvalue weighted by molar-refractivity contribution is -0.309. The van der Waals surface area contributed by atoms with Gasteiger partial charge in [0, 0.05) is 37.2 Å². The van der Waals surface area contributed by atoms with Crippen LogP contribution in [0.1, 0.15) is 77.9 Å². The van der Waals surface area contributed by atoms with Gasteiger partial charge in [0.1, 0.15) is 23.9 Å². The quantitative estimate of drug-likeness (QED) is 0.0404. The zero-order chi connectivity index (χ0) is 45.4. The summed E-state index contributed by atoms with van der Waals surface area (Å²) < 4.78 is 34.1. The summed E-state index contributed by atoms with van der Waals surface area (Å²) in [7, 11) is 2.64. The van der Waals surface area contributed by atoms with Crippen LogP contribution >= 0.6 is 0 Å². The first-order valence-corrected chi connectivity index (χ1v) is 20.4. The zero-order valence-electron chi connectivity index (χ0n) is 35.5. The number of esters is 1. The molecule has 3 aromatic carbocycles. The Balaban J connectivity index is 1.42. The first-order valence-electron chi connectivity index (χ1n) is 20.4. The molecule has 1 fully saturated rings. The Morgan fingerprint density at radius 1 is 1.00 bits per heavy atom. The zero-order valence-corrected chi connectivity index (χ0v) is 35.5. The monoisotopic (exact) mass is 870 g/mol. The van der Waals surface area contributed by atoms with Gasteiger partial charge >= 0.3 is 11.9 Å². The number of aromatic hydroxyl groups is 2. The highest BCUT2D eigenvalue weighted by atomic mass is 16.7. The smallest absolute Gasteiger partial charge is 0.344 e. The van der Waals surface area contributed by atoms with Crippen molar-refractivity contribution in [1.29, 1.82) is 0 Å². The van der Waals surface area contributed by atoms with Crippen molar-refractivity contribution >= 4 is 23.6 Å². The standard InChI is InChI=1S/C43H58N4O15/c1-7-22-9-8-10-23(16-22)13-14-58-37-31(48)27(18-28(57-6)32(37)49)40(55)62-41(56)38-34(51)33(50)35(52)42(61-38)60-36-25-12-11-24(15-20(2)3)21(4)47-30(25)26(39(53)54)17-29(36)59-19-46-43(44)45-5/h8-10,16-18,20-21,24,33-35,38,41-42,47-52,56H,7,11-15,19H2,1-6H3,(H,53,54)(H3,44,45,46). The SMILES string of the molecule is CCc1cccc(CCOc2c(O)c(OC)cc(C(=O)OC(O)C3OC(Oc4c(OCNC(N)=NC)cc(C(=O)O)c5c4CCC(CC(C)C)C(C)N5)C(O)C(O)C3O)c2O)c1. The first-order chi connectivity index (χ1) is 29.5. The van der Waals surface area contributed by atoms with Crippen LogP contribution in [0.3, 0.4) is 0 Å². The number of hydrogen-bond donors (Lipinski definition) is 10. The highest BCUT2D eigenvalue weighted by Gasteiger charge is 2.49. The van der Waals surface area contributed by atoms with E-state index in [1.807, 2.05) is 38.1 Å². The van der Waals surface area contributed by atoms with E-state index in [-0.39, 0.29) is 66.2 Å². The number of carbonyl (C=O) groups excluding carboxylic acids is 1. The molecule has 0 aliphatic carbocycles. The van der Waals surface area contributed by atoms with Crippen molar-refractivity contribution in [3.05, 3.63) is 64.2 Å². The summed E-state index contributed by atoms with van der Waals surface area (Å²) in [5.41, 5.74) is 7.64. The number of ether oxygens (including phenoxy) is 6. The number of rotatable bonds is 17. The van der Waals surface area contributed by atoms with Gasteiger partial charge in [-0.3, -0.25) is 4.99 Å². The van der Waals surface area contributed by atoms with Crippen molar-refractivity contribution in [2.75, 3.05) is 32.8 Å². The molecule has 62 heavy (non-hydrogen) atoms. The van der Waals surface area contributed by atoms with Gasteiger partial charge in [0.2, 0.25) is 24.1 Å². The normalized spacial score (nSPS) is 23.0. The number of nitrogens with one attached hydrogen (secondary N) is 2. The van der Waals surface area contributed by atoms with E-state index < -0.39 is 71.7 Å². The number of nitrogens with two attached hydrogens (primary N) is 1. The molecular weight excluding hydrogens is 812 g/mol. The molecule has 11 N–H and O–H groups in total. The Bertz CT molecular complexity index is 2080. The van der Waals surface area contributed by atoms with Crippen LogP contribution in [0.15, 0.2) is 41.4 Å². The Kier molecular flexibility index (Phi) is 15.9. The van der Waals surface area contributed by atoms with E-state index in [0.29, 0.717) is 24.3 Å². The van der Waals surface area contributed by atoms with Gasteiger partial charge in [0.15, 0.2) is 41.8 Å². The third-order valence-electron chi connectivity index (χ3n) is 10.9. The van der Waals surface area contributed by atoms with Crippen molar-refractivity contribution in [3.8, 4) is 34.5 Å². The largest absolute Gasteiger partial charge is 0.504 e. The van der Waals surface area contributed by atoms with E-state index in [4.69, 9.17) is 34.2 Å². The molecule has 0 radical (unpaired) electrons. The van der Waals surface area contributed by atoms with Gasteiger partial charge in [-0.05, 0) is 55.6 Å². The topological polar surface area (TPSA) is 294 Å². The summed E-state index contributed by atoms with van der Waals surface area (Å²) in [6, 6.07) is 9.75. The number of aliphatic hydroxyl groups excluding tert-OH is 4. The molecule has 2 heterocycles.